The van der Waals surface area contributed by atoms with E-state index in [1.165, 1.54) is 18.9 Å². The number of hydrogen-bond acceptors (Lipinski definition) is 7. The van der Waals surface area contributed by atoms with Crippen molar-refractivity contribution in [3.05, 3.63) is 29.8 Å². The van der Waals surface area contributed by atoms with Crippen LogP contribution in [0, 0.1) is 0 Å². The lowest BCUT2D eigenvalue weighted by molar-refractivity contribution is -0.139. The Balaban J connectivity index is 2.20. The molecule has 2 heterocycles. The van der Waals surface area contributed by atoms with Crippen molar-refractivity contribution in [3.8, 4) is 0 Å². The predicted octanol–water partition coefficient (Wildman–Crippen LogP) is -0.323. The smallest absolute Gasteiger partial charge is 0.360 e. The molecule has 0 amide bonds. The van der Waals surface area contributed by atoms with Gasteiger partial charge >= 0.3 is 11.9 Å². The summed E-state index contributed by atoms with van der Waals surface area (Å²) in [5, 5.41) is 11.7. The quantitative estimate of drug-likeness (QED) is 0.672. The molecule has 0 radical (unpaired) electrons. The first-order chi connectivity index (χ1) is 10.2. The van der Waals surface area contributed by atoms with Crippen molar-refractivity contribution in [2.75, 3.05) is 14.2 Å². The van der Waals surface area contributed by atoms with Crippen LogP contribution in [0.4, 0.5) is 0 Å². The molecule has 2 aromatic rings. The van der Waals surface area contributed by atoms with Gasteiger partial charge in [0, 0.05) is 12.4 Å². The first-order valence-electron chi connectivity index (χ1n) is 6.20. The zero-order valence-electron chi connectivity index (χ0n) is 11.7. The van der Waals surface area contributed by atoms with Gasteiger partial charge in [0.1, 0.15) is 0 Å². The first-order valence-corrected chi connectivity index (χ1v) is 6.20. The molecular weight excluding hydrogens is 278 g/mol. The van der Waals surface area contributed by atoms with Gasteiger partial charge < -0.3 is 9.47 Å². The zero-order chi connectivity index (χ0) is 15.2. The third-order valence-corrected chi connectivity index (χ3v) is 2.86. The fourth-order valence-electron chi connectivity index (χ4n) is 1.78. The SMILES string of the molecule is COC(=O)Cc1c(C(=O)OC)nnn1CCn1cccn1. The molecule has 9 nitrogen and oxygen atoms in total. The molecule has 0 saturated carbocycles. The molecule has 0 N–H and O–H groups in total. The van der Waals surface area contributed by atoms with Crippen LogP contribution >= 0.6 is 0 Å². The molecule has 0 saturated heterocycles. The average Bonchev–Trinajstić information content (AvgIpc) is 3.14. The van der Waals surface area contributed by atoms with Crippen molar-refractivity contribution in [3.63, 3.8) is 0 Å². The van der Waals surface area contributed by atoms with Gasteiger partial charge in [-0.05, 0) is 6.07 Å². The van der Waals surface area contributed by atoms with Gasteiger partial charge in [-0.25, -0.2) is 9.48 Å². The number of nitrogens with zero attached hydrogens (tertiary/aromatic N) is 5. The van der Waals surface area contributed by atoms with Crippen LogP contribution in [-0.4, -0.2) is 50.9 Å². The molecule has 0 spiro atoms. The summed E-state index contributed by atoms with van der Waals surface area (Å²) in [4.78, 5) is 23.1. The highest BCUT2D eigenvalue weighted by molar-refractivity contribution is 5.89. The van der Waals surface area contributed by atoms with Crippen LogP contribution in [-0.2, 0) is 33.8 Å². The molecule has 0 aliphatic carbocycles. The molecule has 2 rings (SSSR count). The Morgan fingerprint density at radius 2 is 2.05 bits per heavy atom. The second-order valence-electron chi connectivity index (χ2n) is 4.12. The molecule has 21 heavy (non-hydrogen) atoms. The maximum absolute atomic E-state index is 11.6. The Morgan fingerprint density at radius 3 is 2.67 bits per heavy atom. The molecule has 0 aliphatic heterocycles. The van der Waals surface area contributed by atoms with E-state index in [-0.39, 0.29) is 12.1 Å². The fraction of sp³-hybridized carbons (Fsp3) is 0.417. The number of methoxy groups -OCH3 is 2. The van der Waals surface area contributed by atoms with Gasteiger partial charge in [0.2, 0.25) is 0 Å². The summed E-state index contributed by atoms with van der Waals surface area (Å²) in [6.45, 7) is 0.948. The molecule has 112 valence electrons. The van der Waals surface area contributed by atoms with Gasteiger partial charge in [-0.15, -0.1) is 5.10 Å². The molecule has 2 aromatic heterocycles. The van der Waals surface area contributed by atoms with E-state index in [1.54, 1.807) is 23.1 Å². The second kappa shape index (κ2) is 6.64. The number of carbonyl (C=O) groups is 2. The Kier molecular flexibility index (Phi) is 4.64. The van der Waals surface area contributed by atoms with Crippen molar-refractivity contribution >= 4 is 11.9 Å². The summed E-state index contributed by atoms with van der Waals surface area (Å²) < 4.78 is 12.4. The molecular formula is C12H15N5O4. The summed E-state index contributed by atoms with van der Waals surface area (Å²) in [7, 11) is 2.52. The van der Waals surface area contributed by atoms with Crippen LogP contribution in [0.25, 0.3) is 0 Å². The number of rotatable bonds is 6. The Labute approximate surface area is 120 Å². The van der Waals surface area contributed by atoms with E-state index < -0.39 is 11.9 Å². The molecule has 0 aliphatic rings. The van der Waals surface area contributed by atoms with Gasteiger partial charge in [0.05, 0.1) is 39.4 Å². The molecule has 0 aromatic carbocycles. The van der Waals surface area contributed by atoms with Crippen molar-refractivity contribution in [2.24, 2.45) is 0 Å². The molecule has 0 bridgehead atoms. The summed E-state index contributed by atoms with van der Waals surface area (Å²) >= 11 is 0. The number of aryl methyl sites for hydroxylation is 2. The Morgan fingerprint density at radius 1 is 1.24 bits per heavy atom. The van der Waals surface area contributed by atoms with Crippen molar-refractivity contribution < 1.29 is 19.1 Å². The van der Waals surface area contributed by atoms with Crippen molar-refractivity contribution in [1.29, 1.82) is 0 Å². The van der Waals surface area contributed by atoms with E-state index in [2.05, 4.69) is 24.9 Å². The Hall–Kier alpha value is -2.71. The number of ether oxygens (including phenoxy) is 2. The van der Waals surface area contributed by atoms with Crippen LogP contribution in [0.3, 0.4) is 0 Å². The van der Waals surface area contributed by atoms with E-state index in [0.29, 0.717) is 18.8 Å². The van der Waals surface area contributed by atoms with E-state index in [4.69, 9.17) is 0 Å². The maximum atomic E-state index is 11.6. The van der Waals surface area contributed by atoms with Crippen LogP contribution in [0.1, 0.15) is 16.2 Å². The van der Waals surface area contributed by atoms with E-state index >= 15 is 0 Å². The lowest BCUT2D eigenvalue weighted by Crippen LogP contribution is -2.17. The first kappa shape index (κ1) is 14.7. The van der Waals surface area contributed by atoms with Gasteiger partial charge in [-0.2, -0.15) is 5.10 Å². The van der Waals surface area contributed by atoms with Gasteiger partial charge in [0.25, 0.3) is 0 Å². The van der Waals surface area contributed by atoms with Crippen molar-refractivity contribution in [1.82, 2.24) is 24.8 Å². The number of esters is 2. The normalized spacial score (nSPS) is 10.4. The topological polar surface area (TPSA) is 101 Å². The average molecular weight is 293 g/mol. The zero-order valence-corrected chi connectivity index (χ0v) is 11.7. The molecule has 0 fully saturated rings. The third kappa shape index (κ3) is 3.44. The number of carbonyl (C=O) groups excluding carboxylic acids is 2. The van der Waals surface area contributed by atoms with E-state index in [0.717, 1.165) is 0 Å². The predicted molar refractivity (Wildman–Crippen MR) is 69.3 cm³/mol. The number of hydrogen-bond donors (Lipinski definition) is 0. The standard InChI is InChI=1S/C12H15N5O4/c1-20-10(18)8-9-11(12(19)21-2)14-15-17(9)7-6-16-5-3-4-13-16/h3-5H,6-8H2,1-2H3. The van der Waals surface area contributed by atoms with E-state index in [1.807, 2.05) is 0 Å². The minimum Gasteiger partial charge on any atom is -0.469 e. The highest BCUT2D eigenvalue weighted by Crippen LogP contribution is 2.09. The third-order valence-electron chi connectivity index (χ3n) is 2.86. The maximum Gasteiger partial charge on any atom is 0.360 e. The van der Waals surface area contributed by atoms with Gasteiger partial charge in [-0.1, -0.05) is 5.21 Å². The lowest BCUT2D eigenvalue weighted by Gasteiger charge is -2.07. The highest BCUT2D eigenvalue weighted by atomic mass is 16.5. The summed E-state index contributed by atoms with van der Waals surface area (Å²) in [5.41, 5.74) is 0.379. The minimum atomic E-state index is -0.640. The summed E-state index contributed by atoms with van der Waals surface area (Å²) in [6, 6.07) is 1.80. The van der Waals surface area contributed by atoms with Crippen LogP contribution < -0.4 is 0 Å². The van der Waals surface area contributed by atoms with Gasteiger partial charge in [0.15, 0.2) is 5.69 Å². The van der Waals surface area contributed by atoms with Crippen LogP contribution in [0.5, 0.6) is 0 Å². The lowest BCUT2D eigenvalue weighted by atomic mass is 10.2. The Bertz CT molecular complexity index is 620. The monoisotopic (exact) mass is 293 g/mol. The van der Waals surface area contributed by atoms with Gasteiger partial charge in [-0.3, -0.25) is 9.48 Å². The summed E-state index contributed by atoms with van der Waals surface area (Å²) in [6.07, 6.45) is 3.36. The van der Waals surface area contributed by atoms with Crippen LogP contribution in [0.2, 0.25) is 0 Å². The van der Waals surface area contributed by atoms with Crippen LogP contribution in [0.15, 0.2) is 18.5 Å². The molecule has 0 unspecified atom stereocenters. The highest BCUT2D eigenvalue weighted by Gasteiger charge is 2.22. The molecule has 0 atom stereocenters. The van der Waals surface area contributed by atoms with Crippen molar-refractivity contribution in [2.45, 2.75) is 19.5 Å². The largest absolute Gasteiger partial charge is 0.469 e. The molecule has 9 heteroatoms. The second-order valence-corrected chi connectivity index (χ2v) is 4.12. The minimum absolute atomic E-state index is 0.0170. The van der Waals surface area contributed by atoms with E-state index in [9.17, 15) is 9.59 Å². The number of aromatic nitrogens is 5. The fourth-order valence-corrected chi connectivity index (χ4v) is 1.78. The summed E-state index contributed by atoms with van der Waals surface area (Å²) in [5.74, 6) is -1.12.